The van der Waals surface area contributed by atoms with Crippen molar-refractivity contribution in [2.75, 3.05) is 26.2 Å². The maximum absolute atomic E-state index is 10.6. The molecule has 1 saturated heterocycles. The number of ether oxygens (including phenoxy) is 1. The highest BCUT2D eigenvalue weighted by atomic mass is 35.5. The van der Waals surface area contributed by atoms with E-state index in [-0.39, 0.29) is 18.6 Å². The second-order valence-corrected chi connectivity index (χ2v) is 5.67. The van der Waals surface area contributed by atoms with Gasteiger partial charge in [0.15, 0.2) is 0 Å². The molecular formula is C15H22ClN3O2. The number of rotatable bonds is 8. The average molecular weight is 312 g/mol. The lowest BCUT2D eigenvalue weighted by Crippen LogP contribution is -2.29. The second kappa shape index (κ2) is 8.22. The molecule has 0 aliphatic carbocycles. The van der Waals surface area contributed by atoms with Crippen LogP contribution >= 0.6 is 11.6 Å². The van der Waals surface area contributed by atoms with Gasteiger partial charge in [-0.3, -0.25) is 4.79 Å². The van der Waals surface area contributed by atoms with Crippen LogP contribution in [-0.2, 0) is 11.2 Å². The molecular weight excluding hydrogens is 290 g/mol. The van der Waals surface area contributed by atoms with E-state index in [9.17, 15) is 4.79 Å². The maximum Gasteiger partial charge on any atom is 0.231 e. The first kappa shape index (κ1) is 16.1. The summed E-state index contributed by atoms with van der Waals surface area (Å²) < 4.78 is 6.04. The molecule has 1 aliphatic heterocycles. The molecule has 0 radical (unpaired) electrons. The molecule has 5 nitrogen and oxygen atoms in total. The van der Waals surface area contributed by atoms with Crippen molar-refractivity contribution in [2.24, 2.45) is 5.73 Å². The Morgan fingerprint density at radius 3 is 3.10 bits per heavy atom. The van der Waals surface area contributed by atoms with Gasteiger partial charge in [0.05, 0.1) is 6.54 Å². The maximum atomic E-state index is 10.6. The van der Waals surface area contributed by atoms with Crippen LogP contribution in [0, 0.1) is 0 Å². The van der Waals surface area contributed by atoms with Gasteiger partial charge in [0.2, 0.25) is 5.91 Å². The van der Waals surface area contributed by atoms with Gasteiger partial charge in [-0.1, -0.05) is 17.7 Å². The minimum Gasteiger partial charge on any atom is -0.489 e. The van der Waals surface area contributed by atoms with Crippen molar-refractivity contribution >= 4 is 17.5 Å². The summed E-state index contributed by atoms with van der Waals surface area (Å²) in [6.45, 7) is 2.84. The number of amides is 1. The number of halogens is 1. The number of hydrogen-bond donors (Lipinski definition) is 3. The van der Waals surface area contributed by atoms with Crippen LogP contribution in [0.4, 0.5) is 0 Å². The summed E-state index contributed by atoms with van der Waals surface area (Å²) in [5, 5.41) is 6.98. The number of carbonyl (C=O) groups excluding carboxylic acids is 1. The highest BCUT2D eigenvalue weighted by Crippen LogP contribution is 2.26. The van der Waals surface area contributed by atoms with E-state index in [0.717, 1.165) is 50.2 Å². The van der Waals surface area contributed by atoms with E-state index in [0.29, 0.717) is 5.02 Å². The van der Waals surface area contributed by atoms with Gasteiger partial charge >= 0.3 is 0 Å². The van der Waals surface area contributed by atoms with E-state index in [1.54, 1.807) is 0 Å². The molecule has 1 aliphatic rings. The van der Waals surface area contributed by atoms with Crippen molar-refractivity contribution in [2.45, 2.75) is 25.4 Å². The van der Waals surface area contributed by atoms with E-state index >= 15 is 0 Å². The first-order valence-electron chi connectivity index (χ1n) is 7.30. The van der Waals surface area contributed by atoms with Crippen LogP contribution in [-0.4, -0.2) is 38.2 Å². The Labute approximate surface area is 130 Å². The number of nitrogens with one attached hydrogen (secondary N) is 2. The largest absolute Gasteiger partial charge is 0.489 e. The van der Waals surface area contributed by atoms with Gasteiger partial charge in [0.1, 0.15) is 11.9 Å². The van der Waals surface area contributed by atoms with Crippen LogP contribution in [0.3, 0.4) is 0 Å². The molecule has 1 heterocycles. The third-order valence-electron chi connectivity index (χ3n) is 3.44. The number of hydrogen-bond acceptors (Lipinski definition) is 4. The van der Waals surface area contributed by atoms with Crippen molar-refractivity contribution in [1.29, 1.82) is 0 Å². The fraction of sp³-hybridized carbons (Fsp3) is 0.533. The number of nitrogens with two attached hydrogens (primary N) is 1. The van der Waals surface area contributed by atoms with Crippen LogP contribution in [0.1, 0.15) is 18.4 Å². The molecule has 1 aromatic rings. The van der Waals surface area contributed by atoms with Crippen LogP contribution in [0.2, 0.25) is 5.02 Å². The number of benzene rings is 1. The molecule has 6 heteroatoms. The molecule has 1 atom stereocenters. The van der Waals surface area contributed by atoms with Gasteiger partial charge in [0.25, 0.3) is 0 Å². The van der Waals surface area contributed by atoms with Crippen LogP contribution < -0.4 is 21.1 Å². The zero-order chi connectivity index (χ0) is 15.1. The Kier molecular flexibility index (Phi) is 6.29. The Morgan fingerprint density at radius 2 is 2.38 bits per heavy atom. The summed E-state index contributed by atoms with van der Waals surface area (Å²) >= 11 is 6.06. The number of aryl methyl sites for hydroxylation is 1. The molecule has 2 rings (SSSR count). The standard InChI is InChI=1S/C15H22ClN3O2/c16-12-4-3-11(2-1-6-18-10-15(17)20)14(8-12)21-13-5-7-19-9-13/h3-4,8,13,18-19H,1-2,5-7,9-10H2,(H2,17,20). The van der Waals surface area contributed by atoms with E-state index in [2.05, 4.69) is 10.6 Å². The zero-order valence-corrected chi connectivity index (χ0v) is 12.8. The lowest BCUT2D eigenvalue weighted by atomic mass is 10.1. The van der Waals surface area contributed by atoms with Gasteiger partial charge in [-0.25, -0.2) is 0 Å². The predicted octanol–water partition coefficient (Wildman–Crippen LogP) is 1.09. The average Bonchev–Trinajstić information content (AvgIpc) is 2.93. The lowest BCUT2D eigenvalue weighted by molar-refractivity contribution is -0.117. The summed E-state index contributed by atoms with van der Waals surface area (Å²) in [6.07, 6.45) is 3.02. The predicted molar refractivity (Wildman–Crippen MR) is 83.7 cm³/mol. The van der Waals surface area contributed by atoms with E-state index in [1.165, 1.54) is 0 Å². The molecule has 1 unspecified atom stereocenters. The highest BCUT2D eigenvalue weighted by Gasteiger charge is 2.17. The lowest BCUT2D eigenvalue weighted by Gasteiger charge is -2.16. The summed E-state index contributed by atoms with van der Waals surface area (Å²) in [5.74, 6) is 0.533. The Hall–Kier alpha value is -1.30. The van der Waals surface area contributed by atoms with Crippen LogP contribution in [0.5, 0.6) is 5.75 Å². The van der Waals surface area contributed by atoms with Gasteiger partial charge < -0.3 is 21.1 Å². The fourth-order valence-corrected chi connectivity index (χ4v) is 2.53. The van der Waals surface area contributed by atoms with Crippen molar-refractivity contribution in [3.05, 3.63) is 28.8 Å². The molecule has 4 N–H and O–H groups in total. The Balaban J connectivity index is 1.86. The highest BCUT2D eigenvalue weighted by molar-refractivity contribution is 6.30. The van der Waals surface area contributed by atoms with E-state index in [4.69, 9.17) is 22.1 Å². The van der Waals surface area contributed by atoms with Gasteiger partial charge in [-0.05, 0) is 50.0 Å². The Morgan fingerprint density at radius 1 is 1.52 bits per heavy atom. The summed E-state index contributed by atoms with van der Waals surface area (Å²) in [5.41, 5.74) is 6.22. The first-order valence-corrected chi connectivity index (χ1v) is 7.68. The smallest absolute Gasteiger partial charge is 0.231 e. The minimum absolute atomic E-state index is 0.218. The minimum atomic E-state index is -0.334. The van der Waals surface area contributed by atoms with Crippen LogP contribution in [0.25, 0.3) is 0 Å². The first-order chi connectivity index (χ1) is 10.1. The third kappa shape index (κ3) is 5.53. The van der Waals surface area contributed by atoms with E-state index in [1.807, 2.05) is 18.2 Å². The fourth-order valence-electron chi connectivity index (χ4n) is 2.37. The number of carbonyl (C=O) groups is 1. The topological polar surface area (TPSA) is 76.4 Å². The summed E-state index contributed by atoms with van der Waals surface area (Å²) in [6, 6.07) is 5.77. The molecule has 0 spiro atoms. The molecule has 1 aromatic carbocycles. The van der Waals surface area contributed by atoms with Crippen molar-refractivity contribution < 1.29 is 9.53 Å². The van der Waals surface area contributed by atoms with Crippen molar-refractivity contribution in [3.8, 4) is 5.75 Å². The van der Waals surface area contributed by atoms with Gasteiger partial charge in [-0.15, -0.1) is 0 Å². The summed E-state index contributed by atoms with van der Waals surface area (Å²) in [4.78, 5) is 10.6. The molecule has 1 fully saturated rings. The monoisotopic (exact) mass is 311 g/mol. The Bertz CT molecular complexity index is 476. The third-order valence-corrected chi connectivity index (χ3v) is 3.67. The van der Waals surface area contributed by atoms with E-state index < -0.39 is 0 Å². The molecule has 0 saturated carbocycles. The van der Waals surface area contributed by atoms with Gasteiger partial charge in [-0.2, -0.15) is 0 Å². The molecule has 116 valence electrons. The SMILES string of the molecule is NC(=O)CNCCCc1ccc(Cl)cc1OC1CCNC1. The molecule has 1 amide bonds. The second-order valence-electron chi connectivity index (χ2n) is 5.23. The normalized spacial score (nSPS) is 17.9. The molecule has 0 aromatic heterocycles. The van der Waals surface area contributed by atoms with Crippen molar-refractivity contribution in [3.63, 3.8) is 0 Å². The zero-order valence-electron chi connectivity index (χ0n) is 12.0. The number of primary amides is 1. The quantitative estimate of drug-likeness (QED) is 0.628. The molecule has 0 bridgehead atoms. The van der Waals surface area contributed by atoms with Gasteiger partial charge in [0, 0.05) is 11.6 Å². The van der Waals surface area contributed by atoms with Crippen molar-refractivity contribution in [1.82, 2.24) is 10.6 Å². The summed E-state index contributed by atoms with van der Waals surface area (Å²) in [7, 11) is 0. The van der Waals surface area contributed by atoms with Crippen LogP contribution in [0.15, 0.2) is 18.2 Å². The molecule has 21 heavy (non-hydrogen) atoms.